The molecule has 28 heavy (non-hydrogen) atoms. The lowest BCUT2D eigenvalue weighted by Crippen LogP contribution is -2.20. The molecule has 5 nitrogen and oxygen atoms in total. The highest BCUT2D eigenvalue weighted by Crippen LogP contribution is 2.34. The van der Waals surface area contributed by atoms with Gasteiger partial charge in [0.2, 0.25) is 0 Å². The number of Topliss-reactive ketones (excluding diaryl/α,β-unsaturated/α-hetero) is 1. The maximum Gasteiger partial charge on any atom is 0.259 e. The van der Waals surface area contributed by atoms with Crippen LogP contribution in [0.5, 0.6) is 0 Å². The van der Waals surface area contributed by atoms with Crippen molar-refractivity contribution in [1.29, 1.82) is 5.26 Å². The van der Waals surface area contributed by atoms with E-state index >= 15 is 0 Å². The molecule has 0 aliphatic heterocycles. The number of hydrogen-bond donors (Lipinski definition) is 1. The topological polar surface area (TPSA) is 86.6 Å². The van der Waals surface area contributed by atoms with E-state index in [1.54, 1.807) is 23.9 Å². The van der Waals surface area contributed by atoms with Crippen LogP contribution in [-0.2, 0) is 18.6 Å². The van der Waals surface area contributed by atoms with E-state index < -0.39 is 5.92 Å². The van der Waals surface area contributed by atoms with Gasteiger partial charge in [-0.05, 0) is 43.1 Å². The van der Waals surface area contributed by atoms with E-state index in [9.17, 15) is 14.9 Å². The zero-order chi connectivity index (χ0) is 19.7. The van der Waals surface area contributed by atoms with Gasteiger partial charge in [-0.25, -0.2) is 4.98 Å². The van der Waals surface area contributed by atoms with Crippen LogP contribution in [0.4, 0.5) is 0 Å². The van der Waals surface area contributed by atoms with Crippen LogP contribution in [-0.4, -0.2) is 22.0 Å². The van der Waals surface area contributed by atoms with Crippen molar-refractivity contribution in [3.8, 4) is 6.07 Å². The van der Waals surface area contributed by atoms with Gasteiger partial charge in [-0.2, -0.15) is 17.0 Å². The summed E-state index contributed by atoms with van der Waals surface area (Å²) in [7, 11) is 0. The molecule has 0 saturated heterocycles. The zero-order valence-corrected chi connectivity index (χ0v) is 17.1. The SMILES string of the molecule is CSCc1ccc(C(=O)C(C#N)c2nc3sc4c(c3c(=O)[nH]2)CCCC4)cc1. The van der Waals surface area contributed by atoms with Crippen LogP contribution < -0.4 is 5.56 Å². The predicted octanol–water partition coefficient (Wildman–Crippen LogP) is 4.22. The molecule has 0 amide bonds. The van der Waals surface area contributed by atoms with Crippen LogP contribution >= 0.6 is 23.1 Å². The lowest BCUT2D eigenvalue weighted by atomic mass is 9.96. The van der Waals surface area contributed by atoms with Crippen LogP contribution in [0.15, 0.2) is 29.1 Å². The first kappa shape index (κ1) is 18.9. The normalized spacial score (nSPS) is 14.4. The molecule has 0 spiro atoms. The van der Waals surface area contributed by atoms with Gasteiger partial charge in [0.05, 0.1) is 11.5 Å². The zero-order valence-electron chi connectivity index (χ0n) is 15.4. The highest BCUT2D eigenvalue weighted by atomic mass is 32.2. The molecule has 1 aliphatic rings. The van der Waals surface area contributed by atoms with Gasteiger partial charge in [-0.3, -0.25) is 9.59 Å². The van der Waals surface area contributed by atoms with Gasteiger partial charge in [0.1, 0.15) is 10.7 Å². The van der Waals surface area contributed by atoms with Crippen molar-refractivity contribution in [3.63, 3.8) is 0 Å². The standard InChI is InChI=1S/C21H19N3O2S2/c1-27-11-12-6-8-13(9-7-12)18(25)15(10-22)19-23-20(26)17-14-4-2-3-5-16(14)28-21(17)24-19/h6-9,15H,2-5,11H2,1H3,(H,23,24,26). The second-order valence-electron chi connectivity index (χ2n) is 6.90. The number of fused-ring (bicyclic) bond motifs is 3. The first-order valence-electron chi connectivity index (χ1n) is 9.18. The summed E-state index contributed by atoms with van der Waals surface area (Å²) in [6.07, 6.45) is 6.07. The molecule has 1 unspecified atom stereocenters. The van der Waals surface area contributed by atoms with Crippen molar-refractivity contribution < 1.29 is 4.79 Å². The Kier molecular flexibility index (Phi) is 5.33. The number of aryl methyl sites for hydroxylation is 2. The van der Waals surface area contributed by atoms with Crippen molar-refractivity contribution in [2.45, 2.75) is 37.4 Å². The number of thioether (sulfide) groups is 1. The second kappa shape index (κ2) is 7.90. The van der Waals surface area contributed by atoms with Crippen molar-refractivity contribution in [2.75, 3.05) is 6.26 Å². The first-order chi connectivity index (χ1) is 13.6. The number of nitrogens with zero attached hydrogens (tertiary/aromatic N) is 2. The minimum atomic E-state index is -1.12. The number of benzene rings is 1. The number of nitriles is 1. The summed E-state index contributed by atoms with van der Waals surface area (Å²) >= 11 is 3.22. The Morgan fingerprint density at radius 2 is 2.07 bits per heavy atom. The second-order valence-corrected chi connectivity index (χ2v) is 8.85. The number of H-pyrrole nitrogens is 1. The van der Waals surface area contributed by atoms with Gasteiger partial charge in [0, 0.05) is 16.2 Å². The Morgan fingerprint density at radius 3 is 2.79 bits per heavy atom. The average Bonchev–Trinajstić information content (AvgIpc) is 3.08. The maximum absolute atomic E-state index is 12.9. The molecule has 7 heteroatoms. The average molecular weight is 410 g/mol. The number of ketones is 1. The third kappa shape index (κ3) is 3.38. The monoisotopic (exact) mass is 409 g/mol. The number of aromatic amines is 1. The van der Waals surface area contributed by atoms with Gasteiger partial charge in [-0.1, -0.05) is 24.3 Å². The fraction of sp³-hybridized carbons (Fsp3) is 0.333. The van der Waals surface area contributed by atoms with Gasteiger partial charge in [0.15, 0.2) is 11.7 Å². The van der Waals surface area contributed by atoms with Crippen molar-refractivity contribution >= 4 is 39.1 Å². The number of aromatic nitrogens is 2. The number of carbonyl (C=O) groups excluding carboxylic acids is 1. The Bertz CT molecular complexity index is 1140. The van der Waals surface area contributed by atoms with Crippen LogP contribution in [0, 0.1) is 11.3 Å². The van der Waals surface area contributed by atoms with Crippen molar-refractivity contribution in [2.24, 2.45) is 0 Å². The molecule has 4 rings (SSSR count). The molecule has 0 saturated carbocycles. The minimum Gasteiger partial charge on any atom is -0.308 e. The number of thiophene rings is 1. The van der Waals surface area contributed by atoms with Gasteiger partial charge >= 0.3 is 0 Å². The molecule has 0 radical (unpaired) electrons. The molecule has 0 bridgehead atoms. The van der Waals surface area contributed by atoms with E-state index in [0.29, 0.717) is 15.8 Å². The molecular weight excluding hydrogens is 390 g/mol. The number of nitrogens with one attached hydrogen (secondary N) is 1. The van der Waals surface area contributed by atoms with Crippen molar-refractivity contribution in [3.05, 3.63) is 62.0 Å². The van der Waals surface area contributed by atoms with Gasteiger partial charge < -0.3 is 4.98 Å². The largest absolute Gasteiger partial charge is 0.308 e. The molecule has 1 atom stereocenters. The van der Waals surface area contributed by atoms with Crippen LogP contribution in [0.2, 0.25) is 0 Å². The van der Waals surface area contributed by atoms with Crippen LogP contribution in [0.1, 0.15) is 50.9 Å². The Balaban J connectivity index is 1.71. The summed E-state index contributed by atoms with van der Waals surface area (Å²) < 4.78 is 0. The maximum atomic E-state index is 12.9. The lowest BCUT2D eigenvalue weighted by Gasteiger charge is -2.10. The Hall–Kier alpha value is -2.43. The molecule has 142 valence electrons. The summed E-state index contributed by atoms with van der Waals surface area (Å²) in [5.74, 6) is -0.466. The highest BCUT2D eigenvalue weighted by molar-refractivity contribution is 7.97. The summed E-state index contributed by atoms with van der Waals surface area (Å²) in [5, 5.41) is 10.3. The Labute approximate surface area is 170 Å². The molecule has 1 N–H and O–H groups in total. The van der Waals surface area contributed by atoms with E-state index in [1.165, 1.54) is 16.2 Å². The fourth-order valence-electron chi connectivity index (χ4n) is 3.66. The molecule has 1 aliphatic carbocycles. The van der Waals surface area contributed by atoms with E-state index in [2.05, 4.69) is 9.97 Å². The summed E-state index contributed by atoms with van der Waals surface area (Å²) in [5.41, 5.74) is 2.41. The third-order valence-corrected chi connectivity index (χ3v) is 6.87. The molecule has 1 aromatic carbocycles. The smallest absolute Gasteiger partial charge is 0.259 e. The third-order valence-electron chi connectivity index (χ3n) is 5.06. The van der Waals surface area contributed by atoms with Crippen LogP contribution in [0.25, 0.3) is 10.2 Å². The summed E-state index contributed by atoms with van der Waals surface area (Å²) in [6.45, 7) is 0. The quantitative estimate of drug-likeness (QED) is 0.638. The van der Waals surface area contributed by atoms with E-state index in [1.807, 2.05) is 24.5 Å². The number of hydrogen-bond acceptors (Lipinski definition) is 6. The number of rotatable bonds is 5. The van der Waals surface area contributed by atoms with Gasteiger partial charge in [0.25, 0.3) is 5.56 Å². The Morgan fingerprint density at radius 1 is 1.32 bits per heavy atom. The summed E-state index contributed by atoms with van der Waals surface area (Å²) in [4.78, 5) is 34.7. The van der Waals surface area contributed by atoms with Crippen molar-refractivity contribution in [1.82, 2.24) is 9.97 Å². The fourth-order valence-corrected chi connectivity index (χ4v) is 5.45. The van der Waals surface area contributed by atoms with E-state index in [4.69, 9.17) is 0 Å². The summed E-state index contributed by atoms with van der Waals surface area (Å²) in [6, 6.07) is 9.29. The van der Waals surface area contributed by atoms with E-state index in [0.717, 1.165) is 42.6 Å². The molecule has 3 aromatic rings. The minimum absolute atomic E-state index is 0.136. The lowest BCUT2D eigenvalue weighted by molar-refractivity contribution is 0.0976. The van der Waals surface area contributed by atoms with E-state index in [-0.39, 0.29) is 17.2 Å². The molecule has 2 aromatic heterocycles. The molecule has 0 fully saturated rings. The first-order valence-corrected chi connectivity index (χ1v) is 11.4. The predicted molar refractivity (Wildman–Crippen MR) is 113 cm³/mol. The highest BCUT2D eigenvalue weighted by Gasteiger charge is 2.27. The van der Waals surface area contributed by atoms with Gasteiger partial charge in [-0.15, -0.1) is 11.3 Å². The number of carbonyl (C=O) groups is 1. The van der Waals surface area contributed by atoms with Crippen LogP contribution in [0.3, 0.4) is 0 Å². The molecule has 2 heterocycles. The molecular formula is C21H19N3O2S2.